The molecular weight excluding hydrogens is 310 g/mol. The largest absolute Gasteiger partial charge is 0.389 e. The van der Waals surface area contributed by atoms with Crippen LogP contribution in [-0.4, -0.2) is 9.97 Å². The minimum Gasteiger partial charge on any atom is -0.389 e. The summed E-state index contributed by atoms with van der Waals surface area (Å²) in [6.07, 6.45) is 3.58. The van der Waals surface area contributed by atoms with Crippen LogP contribution in [0.15, 0.2) is 47.2 Å². The van der Waals surface area contributed by atoms with Crippen molar-refractivity contribution in [3.8, 4) is 0 Å². The lowest BCUT2D eigenvalue weighted by molar-refractivity contribution is 1.11. The number of nitrogens with two attached hydrogens (primary N) is 1. The molecule has 0 amide bonds. The minimum absolute atomic E-state index is 0.380. The predicted molar refractivity (Wildman–Crippen MR) is 81.6 cm³/mol. The third-order valence-corrected chi connectivity index (χ3v) is 3.17. The zero-order valence-electron chi connectivity index (χ0n) is 9.56. The summed E-state index contributed by atoms with van der Waals surface area (Å²) in [6.45, 7) is 0.686. The highest BCUT2D eigenvalue weighted by molar-refractivity contribution is 9.10. The van der Waals surface area contributed by atoms with Crippen molar-refractivity contribution < 1.29 is 0 Å². The third kappa shape index (κ3) is 3.27. The number of benzene rings is 1. The van der Waals surface area contributed by atoms with Gasteiger partial charge in [0.2, 0.25) is 0 Å². The van der Waals surface area contributed by atoms with Crippen molar-refractivity contribution >= 4 is 38.8 Å². The Morgan fingerprint density at radius 1 is 1.39 bits per heavy atom. The Morgan fingerprint density at radius 3 is 2.89 bits per heavy atom. The van der Waals surface area contributed by atoms with Crippen LogP contribution in [0.4, 0.5) is 5.69 Å². The number of anilines is 1. The van der Waals surface area contributed by atoms with Gasteiger partial charge < -0.3 is 11.1 Å². The van der Waals surface area contributed by atoms with E-state index in [1.165, 1.54) is 0 Å². The van der Waals surface area contributed by atoms with Gasteiger partial charge in [0.25, 0.3) is 0 Å². The molecule has 0 unspecified atom stereocenters. The van der Waals surface area contributed by atoms with Crippen LogP contribution in [-0.2, 0) is 6.54 Å². The van der Waals surface area contributed by atoms with E-state index in [0.717, 1.165) is 21.3 Å². The summed E-state index contributed by atoms with van der Waals surface area (Å²) in [7, 11) is 0. The molecule has 92 valence electrons. The standard InChI is InChI=1S/C13H12BrN3S/c14-10-3-4-12(11(6-10)13(15)18)17-8-9-2-1-5-16-7-9/h1-7,17H,8H2,(H2,15,18). The Labute approximate surface area is 120 Å². The van der Waals surface area contributed by atoms with E-state index >= 15 is 0 Å². The maximum absolute atomic E-state index is 5.71. The molecule has 1 aromatic heterocycles. The lowest BCUT2D eigenvalue weighted by atomic mass is 10.1. The molecule has 0 bridgehead atoms. The van der Waals surface area contributed by atoms with Crippen LogP contribution in [0.25, 0.3) is 0 Å². The number of hydrogen-bond donors (Lipinski definition) is 2. The zero-order chi connectivity index (χ0) is 13.0. The Balaban J connectivity index is 2.17. The molecule has 3 N–H and O–H groups in total. The van der Waals surface area contributed by atoms with Crippen LogP contribution in [0.2, 0.25) is 0 Å². The summed E-state index contributed by atoms with van der Waals surface area (Å²) in [5.41, 5.74) is 8.58. The van der Waals surface area contributed by atoms with Crippen LogP contribution < -0.4 is 11.1 Å². The predicted octanol–water partition coefficient (Wildman–Crippen LogP) is 3.09. The number of nitrogens with one attached hydrogen (secondary N) is 1. The van der Waals surface area contributed by atoms with E-state index in [9.17, 15) is 0 Å². The second-order valence-electron chi connectivity index (χ2n) is 3.77. The molecule has 0 fully saturated rings. The van der Waals surface area contributed by atoms with E-state index < -0.39 is 0 Å². The first-order valence-electron chi connectivity index (χ1n) is 5.39. The lowest BCUT2D eigenvalue weighted by Crippen LogP contribution is -2.13. The fraction of sp³-hybridized carbons (Fsp3) is 0.0769. The van der Waals surface area contributed by atoms with Crippen molar-refractivity contribution in [2.24, 2.45) is 5.73 Å². The van der Waals surface area contributed by atoms with Crippen molar-refractivity contribution in [1.82, 2.24) is 4.98 Å². The van der Waals surface area contributed by atoms with Gasteiger partial charge in [-0.2, -0.15) is 0 Å². The van der Waals surface area contributed by atoms with E-state index in [1.54, 1.807) is 6.20 Å². The van der Waals surface area contributed by atoms with Gasteiger partial charge >= 0.3 is 0 Å². The van der Waals surface area contributed by atoms with Gasteiger partial charge in [0.15, 0.2) is 0 Å². The number of hydrogen-bond acceptors (Lipinski definition) is 3. The third-order valence-electron chi connectivity index (χ3n) is 2.45. The molecule has 1 aromatic carbocycles. The molecule has 2 rings (SSSR count). The SMILES string of the molecule is NC(=S)c1cc(Br)ccc1NCc1cccnc1. The Kier molecular flexibility index (Phi) is 4.28. The van der Waals surface area contributed by atoms with E-state index in [4.69, 9.17) is 18.0 Å². The smallest absolute Gasteiger partial charge is 0.106 e. The van der Waals surface area contributed by atoms with Gasteiger partial charge in [0, 0.05) is 34.7 Å². The van der Waals surface area contributed by atoms with Crippen molar-refractivity contribution in [3.63, 3.8) is 0 Å². The van der Waals surface area contributed by atoms with Gasteiger partial charge in [-0.15, -0.1) is 0 Å². The summed E-state index contributed by atoms with van der Waals surface area (Å²) >= 11 is 8.45. The molecular formula is C13H12BrN3S. The molecule has 0 spiro atoms. The highest BCUT2D eigenvalue weighted by atomic mass is 79.9. The number of thiocarbonyl (C=S) groups is 1. The average molecular weight is 322 g/mol. The summed E-state index contributed by atoms with van der Waals surface area (Å²) < 4.78 is 0.956. The van der Waals surface area contributed by atoms with Crippen LogP contribution in [0.1, 0.15) is 11.1 Å². The fourth-order valence-electron chi connectivity index (χ4n) is 1.57. The summed E-state index contributed by atoms with van der Waals surface area (Å²) in [6, 6.07) is 9.74. The van der Waals surface area contributed by atoms with Crippen molar-refractivity contribution in [2.75, 3.05) is 5.32 Å². The molecule has 0 aliphatic carbocycles. The van der Waals surface area contributed by atoms with Gasteiger partial charge in [-0.1, -0.05) is 34.2 Å². The molecule has 2 aromatic rings. The van der Waals surface area contributed by atoms with E-state index in [-0.39, 0.29) is 0 Å². The van der Waals surface area contributed by atoms with Gasteiger partial charge in [-0.25, -0.2) is 0 Å². The van der Waals surface area contributed by atoms with Crippen molar-refractivity contribution in [2.45, 2.75) is 6.54 Å². The van der Waals surface area contributed by atoms with Gasteiger partial charge in [-0.3, -0.25) is 4.98 Å². The normalized spacial score (nSPS) is 10.1. The summed E-state index contributed by atoms with van der Waals surface area (Å²) in [5.74, 6) is 0. The molecule has 0 radical (unpaired) electrons. The van der Waals surface area contributed by atoms with Gasteiger partial charge in [0.1, 0.15) is 4.99 Å². The van der Waals surface area contributed by atoms with Crippen molar-refractivity contribution in [3.05, 3.63) is 58.3 Å². The monoisotopic (exact) mass is 321 g/mol. The molecule has 0 aliphatic heterocycles. The molecule has 0 atom stereocenters. The highest BCUT2D eigenvalue weighted by Crippen LogP contribution is 2.21. The number of pyridine rings is 1. The molecule has 1 heterocycles. The topological polar surface area (TPSA) is 50.9 Å². The maximum atomic E-state index is 5.71. The number of halogens is 1. The van der Waals surface area contributed by atoms with Crippen LogP contribution in [0.5, 0.6) is 0 Å². The average Bonchev–Trinajstić information content (AvgIpc) is 2.38. The quantitative estimate of drug-likeness (QED) is 0.850. The number of nitrogens with zero attached hydrogens (tertiary/aromatic N) is 1. The highest BCUT2D eigenvalue weighted by Gasteiger charge is 2.05. The summed E-state index contributed by atoms with van der Waals surface area (Å²) in [4.78, 5) is 4.45. The Bertz CT molecular complexity index is 557. The van der Waals surface area contributed by atoms with Gasteiger partial charge in [0.05, 0.1) is 0 Å². The first-order valence-corrected chi connectivity index (χ1v) is 6.59. The first kappa shape index (κ1) is 13.0. The van der Waals surface area contributed by atoms with Crippen LogP contribution in [0.3, 0.4) is 0 Å². The molecule has 0 saturated carbocycles. The Morgan fingerprint density at radius 2 is 2.22 bits per heavy atom. The second kappa shape index (κ2) is 5.93. The molecule has 5 heteroatoms. The summed E-state index contributed by atoms with van der Waals surface area (Å²) in [5, 5.41) is 3.31. The second-order valence-corrected chi connectivity index (χ2v) is 5.12. The minimum atomic E-state index is 0.380. The van der Waals surface area contributed by atoms with Crippen LogP contribution >= 0.6 is 28.1 Å². The lowest BCUT2D eigenvalue weighted by Gasteiger charge is -2.11. The fourth-order valence-corrected chi connectivity index (χ4v) is 2.10. The number of rotatable bonds is 4. The van der Waals surface area contributed by atoms with E-state index in [0.29, 0.717) is 11.5 Å². The van der Waals surface area contributed by atoms with Gasteiger partial charge in [-0.05, 0) is 29.8 Å². The van der Waals surface area contributed by atoms with Crippen LogP contribution in [0, 0.1) is 0 Å². The van der Waals surface area contributed by atoms with Crippen molar-refractivity contribution in [1.29, 1.82) is 0 Å². The molecule has 18 heavy (non-hydrogen) atoms. The molecule has 3 nitrogen and oxygen atoms in total. The first-order chi connectivity index (χ1) is 8.66. The van der Waals surface area contributed by atoms with E-state index in [2.05, 4.69) is 26.2 Å². The van der Waals surface area contributed by atoms with E-state index in [1.807, 2.05) is 36.5 Å². The Hall–Kier alpha value is -1.46. The number of aromatic nitrogens is 1. The molecule has 0 aliphatic rings. The maximum Gasteiger partial charge on any atom is 0.106 e. The zero-order valence-corrected chi connectivity index (χ0v) is 12.0. The molecule has 0 saturated heterocycles.